The average molecular weight is 335 g/mol. The third-order valence-electron chi connectivity index (χ3n) is 3.02. The first-order valence-electron chi connectivity index (χ1n) is 6.94. The Hall–Kier alpha value is -0.980. The lowest BCUT2D eigenvalue weighted by Crippen LogP contribution is -2.26. The number of nitrogens with zero attached hydrogens (tertiary/aromatic N) is 1. The van der Waals surface area contributed by atoms with Gasteiger partial charge in [0.1, 0.15) is 0 Å². The molecule has 1 aromatic rings. The highest BCUT2D eigenvalue weighted by atomic mass is 35.5. The van der Waals surface area contributed by atoms with Crippen molar-refractivity contribution in [1.29, 1.82) is 0 Å². The van der Waals surface area contributed by atoms with Gasteiger partial charge in [-0.3, -0.25) is 4.72 Å². The Morgan fingerprint density at radius 1 is 1.33 bits per heavy atom. The van der Waals surface area contributed by atoms with E-state index in [0.717, 1.165) is 12.2 Å². The Bertz CT molecular complexity index is 520. The van der Waals surface area contributed by atoms with E-state index >= 15 is 0 Å². The summed E-state index contributed by atoms with van der Waals surface area (Å²) < 4.78 is 26.4. The number of aliphatic hydroxyl groups is 1. The van der Waals surface area contributed by atoms with Gasteiger partial charge in [-0.15, -0.1) is 11.6 Å². The number of hydrogen-bond donors (Lipinski definition) is 2. The van der Waals surface area contributed by atoms with E-state index in [1.54, 1.807) is 19.1 Å². The number of halogens is 1. The van der Waals surface area contributed by atoms with E-state index in [-0.39, 0.29) is 18.3 Å². The predicted molar refractivity (Wildman–Crippen MR) is 88.7 cm³/mol. The number of likely N-dealkylation sites (N-methyl/N-ethyl adjacent to an activating group) is 1. The van der Waals surface area contributed by atoms with Gasteiger partial charge in [-0.1, -0.05) is 6.92 Å². The highest BCUT2D eigenvalue weighted by molar-refractivity contribution is 7.92. The van der Waals surface area contributed by atoms with Crippen LogP contribution in [0, 0.1) is 5.92 Å². The molecule has 0 aliphatic rings. The molecular weight excluding hydrogens is 312 g/mol. The zero-order valence-electron chi connectivity index (χ0n) is 12.4. The number of aliphatic hydroxyl groups excluding tert-OH is 1. The number of rotatable bonds is 9. The van der Waals surface area contributed by atoms with Crippen LogP contribution in [0.5, 0.6) is 0 Å². The minimum atomic E-state index is -3.38. The Kier molecular flexibility index (Phi) is 7.28. The number of anilines is 2. The van der Waals surface area contributed by atoms with Crippen LogP contribution < -0.4 is 9.62 Å². The lowest BCUT2D eigenvalue weighted by Gasteiger charge is -2.22. The molecule has 0 fully saturated rings. The van der Waals surface area contributed by atoms with Crippen LogP contribution in [0.3, 0.4) is 0 Å². The van der Waals surface area contributed by atoms with Crippen molar-refractivity contribution in [3.8, 4) is 0 Å². The van der Waals surface area contributed by atoms with E-state index in [4.69, 9.17) is 16.7 Å². The van der Waals surface area contributed by atoms with Gasteiger partial charge in [0.2, 0.25) is 10.0 Å². The normalized spacial score (nSPS) is 13.0. The molecule has 0 aliphatic carbocycles. The Labute approximate surface area is 132 Å². The fraction of sp³-hybridized carbons (Fsp3) is 0.571. The Morgan fingerprint density at radius 3 is 2.43 bits per heavy atom. The quantitative estimate of drug-likeness (QED) is 0.679. The molecular formula is C14H23ClN2O3S. The molecule has 0 bridgehead atoms. The summed E-state index contributed by atoms with van der Waals surface area (Å²) in [4.78, 5) is 2.01. The molecule has 120 valence electrons. The van der Waals surface area contributed by atoms with Crippen LogP contribution in [0.25, 0.3) is 0 Å². The van der Waals surface area contributed by atoms with Gasteiger partial charge in [-0.2, -0.15) is 0 Å². The maximum absolute atomic E-state index is 11.9. The van der Waals surface area contributed by atoms with Crippen LogP contribution >= 0.6 is 11.6 Å². The number of sulfonamides is 1. The molecule has 0 amide bonds. The zero-order chi connectivity index (χ0) is 15.9. The van der Waals surface area contributed by atoms with Crippen LogP contribution in [0.15, 0.2) is 24.3 Å². The van der Waals surface area contributed by atoms with E-state index in [1.165, 1.54) is 0 Å². The summed E-state index contributed by atoms with van der Waals surface area (Å²) in [5.41, 5.74) is 1.48. The van der Waals surface area contributed by atoms with Crippen molar-refractivity contribution in [3.63, 3.8) is 0 Å². The van der Waals surface area contributed by atoms with Crippen LogP contribution in [0.2, 0.25) is 0 Å². The second-order valence-corrected chi connectivity index (χ2v) is 7.07. The molecule has 2 N–H and O–H groups in total. The van der Waals surface area contributed by atoms with Gasteiger partial charge in [0.25, 0.3) is 0 Å². The second kappa shape index (κ2) is 8.46. The maximum atomic E-state index is 11.9. The largest absolute Gasteiger partial charge is 0.395 e. The fourth-order valence-corrected chi connectivity index (χ4v) is 3.66. The molecule has 1 unspecified atom stereocenters. The third kappa shape index (κ3) is 6.11. The fourth-order valence-electron chi connectivity index (χ4n) is 1.97. The van der Waals surface area contributed by atoms with Gasteiger partial charge in [0.05, 0.1) is 12.4 Å². The lowest BCUT2D eigenvalue weighted by molar-refractivity contribution is 0.302. The summed E-state index contributed by atoms with van der Waals surface area (Å²) in [5, 5.41) is 9.00. The van der Waals surface area contributed by atoms with Gasteiger partial charge in [0.15, 0.2) is 0 Å². The number of hydrogen-bond acceptors (Lipinski definition) is 4. The Balaban J connectivity index is 2.74. The molecule has 5 nitrogen and oxygen atoms in total. The predicted octanol–water partition coefficient (Wildman–Crippen LogP) is 2.12. The van der Waals surface area contributed by atoms with E-state index in [9.17, 15) is 8.42 Å². The molecule has 7 heteroatoms. The van der Waals surface area contributed by atoms with E-state index in [2.05, 4.69) is 4.72 Å². The van der Waals surface area contributed by atoms with Crippen molar-refractivity contribution in [1.82, 2.24) is 0 Å². The summed E-state index contributed by atoms with van der Waals surface area (Å²) in [5.74, 6) is 0.222. The van der Waals surface area contributed by atoms with Crippen molar-refractivity contribution >= 4 is 33.0 Å². The maximum Gasteiger partial charge on any atom is 0.233 e. The standard InChI is InChI=1S/C14H23ClN2O3S/c1-3-17(8-9-18)14-6-4-13(5-7-14)16-21(19,20)11-12(2)10-15/h4-7,12,16,18H,3,8-11H2,1-2H3. The smallest absolute Gasteiger partial charge is 0.233 e. The summed E-state index contributed by atoms with van der Waals surface area (Å²) in [6.45, 7) is 5.20. The number of nitrogens with one attached hydrogen (secondary N) is 1. The molecule has 0 aromatic heterocycles. The van der Waals surface area contributed by atoms with Gasteiger partial charge in [0, 0.05) is 30.3 Å². The molecule has 0 saturated heterocycles. The Morgan fingerprint density at radius 2 is 1.95 bits per heavy atom. The minimum absolute atomic E-state index is 0.00382. The molecule has 0 heterocycles. The van der Waals surface area contributed by atoms with E-state index in [1.807, 2.05) is 24.0 Å². The highest BCUT2D eigenvalue weighted by Gasteiger charge is 2.15. The topological polar surface area (TPSA) is 69.6 Å². The summed E-state index contributed by atoms with van der Waals surface area (Å²) in [6.07, 6.45) is 0. The average Bonchev–Trinajstić information content (AvgIpc) is 2.44. The van der Waals surface area contributed by atoms with Crippen molar-refractivity contribution in [2.24, 2.45) is 5.92 Å². The monoisotopic (exact) mass is 334 g/mol. The first kappa shape index (κ1) is 18.1. The summed E-state index contributed by atoms with van der Waals surface area (Å²) >= 11 is 5.64. The molecule has 0 spiro atoms. The van der Waals surface area contributed by atoms with Crippen LogP contribution in [0.4, 0.5) is 11.4 Å². The molecule has 1 rings (SSSR count). The van der Waals surface area contributed by atoms with Gasteiger partial charge >= 0.3 is 0 Å². The molecule has 0 aliphatic heterocycles. The highest BCUT2D eigenvalue weighted by Crippen LogP contribution is 2.19. The van der Waals surface area contributed by atoms with Gasteiger partial charge in [-0.25, -0.2) is 8.42 Å². The number of alkyl halides is 1. The van der Waals surface area contributed by atoms with E-state index < -0.39 is 10.0 Å². The third-order valence-corrected chi connectivity index (χ3v) is 5.11. The van der Waals surface area contributed by atoms with Crippen LogP contribution in [0.1, 0.15) is 13.8 Å². The SMILES string of the molecule is CCN(CCO)c1ccc(NS(=O)(=O)CC(C)CCl)cc1. The lowest BCUT2D eigenvalue weighted by atomic mass is 10.2. The van der Waals surface area contributed by atoms with Crippen molar-refractivity contribution in [2.75, 3.05) is 41.0 Å². The first-order chi connectivity index (χ1) is 9.91. The van der Waals surface area contributed by atoms with Crippen LogP contribution in [-0.2, 0) is 10.0 Å². The molecule has 1 atom stereocenters. The van der Waals surface area contributed by atoms with Crippen LogP contribution in [-0.4, -0.2) is 44.9 Å². The summed E-state index contributed by atoms with van der Waals surface area (Å²) in [6, 6.07) is 7.11. The van der Waals surface area contributed by atoms with Crippen molar-refractivity contribution in [2.45, 2.75) is 13.8 Å². The van der Waals surface area contributed by atoms with Gasteiger partial charge in [-0.05, 0) is 37.1 Å². The van der Waals surface area contributed by atoms with Gasteiger partial charge < -0.3 is 10.0 Å². The number of benzene rings is 1. The molecule has 1 aromatic carbocycles. The zero-order valence-corrected chi connectivity index (χ0v) is 14.0. The second-order valence-electron chi connectivity index (χ2n) is 4.99. The van der Waals surface area contributed by atoms with Crippen molar-refractivity contribution in [3.05, 3.63) is 24.3 Å². The molecule has 0 saturated carbocycles. The molecule has 0 radical (unpaired) electrons. The van der Waals surface area contributed by atoms with E-state index in [0.29, 0.717) is 18.1 Å². The summed E-state index contributed by atoms with van der Waals surface area (Å²) in [7, 11) is -3.38. The molecule has 21 heavy (non-hydrogen) atoms. The van der Waals surface area contributed by atoms with Crippen molar-refractivity contribution < 1.29 is 13.5 Å². The first-order valence-corrected chi connectivity index (χ1v) is 9.12. The minimum Gasteiger partial charge on any atom is -0.395 e.